The largest absolute Gasteiger partial charge is 0.477 e. The minimum absolute atomic E-state index is 0.0222. The van der Waals surface area contributed by atoms with Gasteiger partial charge in [-0.1, -0.05) is 0 Å². The molecular formula is C20H23F2N3O3. The maximum atomic E-state index is 15.5. The summed E-state index contributed by atoms with van der Waals surface area (Å²) < 4.78 is 31.9. The van der Waals surface area contributed by atoms with Gasteiger partial charge in [0.1, 0.15) is 17.1 Å². The lowest BCUT2D eigenvalue weighted by Crippen LogP contribution is -2.49. The SMILES string of the molecule is CCn1cc(C(=O)O)c(=O)c2cc(F)c(N3CC4CC3CN4C(C)C)c(F)c21. The number of aromatic carboxylic acids is 1. The fraction of sp³-hybridized carbons (Fsp3) is 0.500. The highest BCUT2D eigenvalue weighted by Gasteiger charge is 2.45. The zero-order chi connectivity index (χ0) is 20.3. The second kappa shape index (κ2) is 6.55. The molecule has 2 aliphatic rings. The van der Waals surface area contributed by atoms with Gasteiger partial charge in [-0.25, -0.2) is 13.6 Å². The van der Waals surface area contributed by atoms with Crippen LogP contribution in [0.15, 0.2) is 17.1 Å². The number of rotatable bonds is 4. The lowest BCUT2D eigenvalue weighted by molar-refractivity contribution is 0.0695. The van der Waals surface area contributed by atoms with Crippen molar-refractivity contribution in [2.24, 2.45) is 0 Å². The van der Waals surface area contributed by atoms with Crippen molar-refractivity contribution in [2.75, 3.05) is 18.0 Å². The van der Waals surface area contributed by atoms with E-state index in [1.54, 1.807) is 11.8 Å². The minimum Gasteiger partial charge on any atom is -0.477 e. The highest BCUT2D eigenvalue weighted by molar-refractivity contribution is 5.94. The molecule has 150 valence electrons. The monoisotopic (exact) mass is 391 g/mol. The molecule has 2 bridgehead atoms. The summed E-state index contributed by atoms with van der Waals surface area (Å²) in [4.78, 5) is 27.9. The molecule has 3 heterocycles. The summed E-state index contributed by atoms with van der Waals surface area (Å²) in [7, 11) is 0. The molecule has 0 aliphatic carbocycles. The number of aryl methyl sites for hydroxylation is 1. The predicted octanol–water partition coefficient (Wildman–Crippen LogP) is 2.67. The molecule has 1 aromatic heterocycles. The van der Waals surface area contributed by atoms with Crippen LogP contribution in [0.4, 0.5) is 14.5 Å². The summed E-state index contributed by atoms with van der Waals surface area (Å²) in [5.74, 6) is -3.03. The first-order valence-corrected chi connectivity index (χ1v) is 9.55. The van der Waals surface area contributed by atoms with Gasteiger partial charge in [0.2, 0.25) is 5.43 Å². The molecule has 0 spiro atoms. The molecule has 0 amide bonds. The van der Waals surface area contributed by atoms with E-state index in [1.165, 1.54) is 4.57 Å². The average molecular weight is 391 g/mol. The number of piperazine rings is 1. The van der Waals surface area contributed by atoms with E-state index in [0.717, 1.165) is 25.2 Å². The highest BCUT2D eigenvalue weighted by Crippen LogP contribution is 2.39. The molecule has 4 rings (SSSR count). The third kappa shape index (κ3) is 2.62. The molecule has 2 aromatic rings. The Morgan fingerprint density at radius 1 is 1.29 bits per heavy atom. The van der Waals surface area contributed by atoms with Crippen molar-refractivity contribution in [2.45, 2.75) is 51.9 Å². The molecule has 2 fully saturated rings. The van der Waals surface area contributed by atoms with Gasteiger partial charge in [0.25, 0.3) is 0 Å². The second-order valence-corrected chi connectivity index (χ2v) is 7.87. The van der Waals surface area contributed by atoms with Crippen LogP contribution in [0.2, 0.25) is 0 Å². The number of nitrogens with zero attached hydrogens (tertiary/aromatic N) is 3. The number of hydrogen-bond acceptors (Lipinski definition) is 4. The van der Waals surface area contributed by atoms with Crippen molar-refractivity contribution < 1.29 is 18.7 Å². The summed E-state index contributed by atoms with van der Waals surface area (Å²) in [6.07, 6.45) is 1.99. The molecule has 2 unspecified atom stereocenters. The number of carboxylic acid groups (broad SMARTS) is 1. The number of likely N-dealkylation sites (tertiary alicyclic amines) is 1. The van der Waals surface area contributed by atoms with Gasteiger partial charge in [-0.3, -0.25) is 9.69 Å². The second-order valence-electron chi connectivity index (χ2n) is 7.87. The van der Waals surface area contributed by atoms with Crippen molar-refractivity contribution in [3.63, 3.8) is 0 Å². The number of fused-ring (bicyclic) bond motifs is 3. The first-order chi connectivity index (χ1) is 13.2. The lowest BCUT2D eigenvalue weighted by Gasteiger charge is -2.38. The molecule has 8 heteroatoms. The fourth-order valence-electron chi connectivity index (χ4n) is 4.75. The van der Waals surface area contributed by atoms with E-state index in [1.807, 2.05) is 0 Å². The van der Waals surface area contributed by atoms with Gasteiger partial charge < -0.3 is 14.6 Å². The van der Waals surface area contributed by atoms with Gasteiger partial charge in [-0.15, -0.1) is 0 Å². The molecule has 1 N–H and O–H groups in total. The number of carbonyl (C=O) groups is 1. The Balaban J connectivity index is 1.88. The average Bonchev–Trinajstić information content (AvgIpc) is 3.23. The maximum Gasteiger partial charge on any atom is 0.341 e. The van der Waals surface area contributed by atoms with Crippen molar-refractivity contribution >= 4 is 22.6 Å². The van der Waals surface area contributed by atoms with Crippen LogP contribution in [0.1, 0.15) is 37.6 Å². The Morgan fingerprint density at radius 3 is 2.54 bits per heavy atom. The van der Waals surface area contributed by atoms with Crippen LogP contribution < -0.4 is 10.3 Å². The molecule has 1 aromatic carbocycles. The molecule has 2 saturated heterocycles. The fourth-order valence-corrected chi connectivity index (χ4v) is 4.75. The van der Waals surface area contributed by atoms with Crippen molar-refractivity contribution in [1.82, 2.24) is 9.47 Å². The number of hydrogen-bond donors (Lipinski definition) is 1. The molecule has 6 nitrogen and oxygen atoms in total. The summed E-state index contributed by atoms with van der Waals surface area (Å²) in [6.45, 7) is 7.48. The quantitative estimate of drug-likeness (QED) is 0.868. The minimum atomic E-state index is -1.41. The Bertz CT molecular complexity index is 1030. The molecule has 2 aliphatic heterocycles. The predicted molar refractivity (Wildman–Crippen MR) is 102 cm³/mol. The number of aromatic nitrogens is 1. The first kappa shape index (κ1) is 18.9. The van der Waals surface area contributed by atoms with Gasteiger partial charge in [-0.05, 0) is 33.3 Å². The highest BCUT2D eigenvalue weighted by atomic mass is 19.1. The third-order valence-corrected chi connectivity index (χ3v) is 6.03. The Hall–Kier alpha value is -2.48. The Morgan fingerprint density at radius 2 is 2.00 bits per heavy atom. The number of anilines is 1. The van der Waals surface area contributed by atoms with Crippen LogP contribution in [-0.4, -0.2) is 51.8 Å². The summed E-state index contributed by atoms with van der Waals surface area (Å²) in [5, 5.41) is 9.00. The van der Waals surface area contributed by atoms with Gasteiger partial charge >= 0.3 is 5.97 Å². The number of halogens is 2. The van der Waals surface area contributed by atoms with E-state index in [0.29, 0.717) is 12.6 Å². The standard InChI is InChI=1S/C20H23F2N3O3/c1-4-23-9-14(20(27)28)19(26)13-6-15(21)18(16(22)17(13)23)25-8-11-5-12(25)7-24(11)10(2)3/h6,9-12H,4-5,7-8H2,1-3H3,(H,27,28). The number of benzene rings is 1. The van der Waals surface area contributed by atoms with Crippen LogP contribution in [-0.2, 0) is 6.54 Å². The van der Waals surface area contributed by atoms with E-state index >= 15 is 4.39 Å². The summed E-state index contributed by atoms with van der Waals surface area (Å²) in [6, 6.07) is 1.64. The zero-order valence-electron chi connectivity index (χ0n) is 16.1. The van der Waals surface area contributed by atoms with Gasteiger partial charge in [-0.2, -0.15) is 0 Å². The number of pyridine rings is 1. The van der Waals surface area contributed by atoms with Crippen LogP contribution in [0.25, 0.3) is 10.9 Å². The van der Waals surface area contributed by atoms with Crippen LogP contribution in [0.5, 0.6) is 0 Å². The van der Waals surface area contributed by atoms with Crippen LogP contribution >= 0.6 is 0 Å². The van der Waals surface area contributed by atoms with Crippen molar-refractivity contribution in [1.29, 1.82) is 0 Å². The maximum absolute atomic E-state index is 15.5. The molecule has 0 saturated carbocycles. The van der Waals surface area contributed by atoms with Gasteiger partial charge in [0.15, 0.2) is 5.82 Å². The zero-order valence-corrected chi connectivity index (χ0v) is 16.1. The van der Waals surface area contributed by atoms with Crippen molar-refractivity contribution in [3.05, 3.63) is 39.7 Å². The van der Waals surface area contributed by atoms with E-state index in [9.17, 15) is 19.1 Å². The smallest absolute Gasteiger partial charge is 0.341 e. The van der Waals surface area contributed by atoms with E-state index in [4.69, 9.17) is 0 Å². The van der Waals surface area contributed by atoms with Gasteiger partial charge in [0, 0.05) is 44.0 Å². The molecule has 2 atom stereocenters. The van der Waals surface area contributed by atoms with E-state index in [-0.39, 0.29) is 35.2 Å². The topological polar surface area (TPSA) is 65.8 Å². The molecular weight excluding hydrogens is 368 g/mol. The normalized spacial score (nSPS) is 22.0. The summed E-state index contributed by atoms with van der Waals surface area (Å²) in [5.41, 5.74) is -1.52. The Labute approximate surface area is 161 Å². The Kier molecular flexibility index (Phi) is 4.41. The first-order valence-electron chi connectivity index (χ1n) is 9.55. The molecule has 0 radical (unpaired) electrons. The van der Waals surface area contributed by atoms with E-state index in [2.05, 4.69) is 18.7 Å². The van der Waals surface area contributed by atoms with E-state index < -0.39 is 28.6 Å². The third-order valence-electron chi connectivity index (χ3n) is 6.03. The van der Waals surface area contributed by atoms with Crippen LogP contribution in [0.3, 0.4) is 0 Å². The van der Waals surface area contributed by atoms with Crippen molar-refractivity contribution in [3.8, 4) is 0 Å². The lowest BCUT2D eigenvalue weighted by atomic mass is 10.1. The summed E-state index contributed by atoms with van der Waals surface area (Å²) >= 11 is 0. The number of carboxylic acids is 1. The van der Waals surface area contributed by atoms with Crippen LogP contribution in [0, 0.1) is 11.6 Å². The van der Waals surface area contributed by atoms with Gasteiger partial charge in [0.05, 0.1) is 10.9 Å². The molecule has 28 heavy (non-hydrogen) atoms.